The number of imidazole rings is 1. The standard InChI is InChI=1S/C30H29ClN6O/c1-18(38)34-22-8-10-23(11-9-22)37-17-21(16-33-37)20-14-25-27(32-15-20)12-13-36-29(19-6-7-19)28(35-30(25)36)24-4-2-3-5-26(24)31/h2-5,12-17,19,22-23H,6-11H2,1H3,(H,34,38). The number of aromatic nitrogens is 5. The smallest absolute Gasteiger partial charge is 0.217 e. The van der Waals surface area contributed by atoms with Crippen molar-refractivity contribution in [3.8, 4) is 22.4 Å². The Bertz CT molecular complexity index is 1680. The van der Waals surface area contributed by atoms with Gasteiger partial charge in [-0.1, -0.05) is 29.8 Å². The van der Waals surface area contributed by atoms with Crippen molar-refractivity contribution in [3.63, 3.8) is 0 Å². The predicted octanol–water partition coefficient (Wildman–Crippen LogP) is 6.56. The average Bonchev–Trinajstić information content (AvgIpc) is 3.50. The quantitative estimate of drug-likeness (QED) is 0.282. The lowest BCUT2D eigenvalue weighted by Crippen LogP contribution is -2.36. The van der Waals surface area contributed by atoms with Crippen LogP contribution < -0.4 is 5.32 Å². The summed E-state index contributed by atoms with van der Waals surface area (Å²) in [4.78, 5) is 21.4. The Morgan fingerprint density at radius 1 is 1.03 bits per heavy atom. The first-order valence-electron chi connectivity index (χ1n) is 13.4. The Morgan fingerprint density at radius 3 is 2.61 bits per heavy atom. The molecule has 1 N–H and O–H groups in total. The van der Waals surface area contributed by atoms with Crippen LogP contribution in [-0.4, -0.2) is 36.1 Å². The van der Waals surface area contributed by atoms with Crippen LogP contribution in [0.1, 0.15) is 63.1 Å². The lowest BCUT2D eigenvalue weighted by atomic mass is 9.91. The second kappa shape index (κ2) is 9.24. The lowest BCUT2D eigenvalue weighted by molar-refractivity contribution is -0.119. The van der Waals surface area contributed by atoms with Gasteiger partial charge in [-0.05, 0) is 56.7 Å². The summed E-state index contributed by atoms with van der Waals surface area (Å²) < 4.78 is 4.32. The molecule has 2 aliphatic rings. The van der Waals surface area contributed by atoms with E-state index in [1.807, 2.05) is 30.6 Å². The van der Waals surface area contributed by atoms with Crippen molar-refractivity contribution in [3.05, 3.63) is 71.9 Å². The molecule has 5 aromatic rings. The summed E-state index contributed by atoms with van der Waals surface area (Å²) in [5, 5.41) is 9.51. The van der Waals surface area contributed by atoms with Crippen LogP contribution in [0.4, 0.5) is 0 Å². The van der Waals surface area contributed by atoms with E-state index in [2.05, 4.69) is 45.0 Å². The van der Waals surface area contributed by atoms with Crippen molar-refractivity contribution in [1.82, 2.24) is 29.5 Å². The number of hydrogen-bond acceptors (Lipinski definition) is 4. The zero-order valence-electron chi connectivity index (χ0n) is 21.3. The molecule has 0 spiro atoms. The van der Waals surface area contributed by atoms with Crippen LogP contribution in [0.3, 0.4) is 0 Å². The number of hydrogen-bond donors (Lipinski definition) is 1. The van der Waals surface area contributed by atoms with E-state index in [0.29, 0.717) is 12.0 Å². The van der Waals surface area contributed by atoms with Crippen molar-refractivity contribution in [2.45, 2.75) is 63.5 Å². The SMILES string of the molecule is CC(=O)NC1CCC(n2cc(-c3cnc4ccn5c(C6CC6)c(-c6ccccc6Cl)nc5c4c3)cn2)CC1. The van der Waals surface area contributed by atoms with E-state index in [-0.39, 0.29) is 11.9 Å². The molecule has 0 unspecified atom stereocenters. The number of nitrogens with one attached hydrogen (secondary N) is 1. The highest BCUT2D eigenvalue weighted by atomic mass is 35.5. The molecular formula is C30H29ClN6O. The molecule has 4 heterocycles. The second-order valence-corrected chi connectivity index (χ2v) is 11.1. The number of carbonyl (C=O) groups excluding carboxylic acids is 1. The number of halogens is 1. The fourth-order valence-electron chi connectivity index (χ4n) is 5.93. The first-order valence-corrected chi connectivity index (χ1v) is 13.8. The fourth-order valence-corrected chi connectivity index (χ4v) is 6.16. The third-order valence-corrected chi connectivity index (χ3v) is 8.32. The largest absolute Gasteiger partial charge is 0.354 e. The van der Waals surface area contributed by atoms with Crippen LogP contribution in [0.5, 0.6) is 0 Å². The Kier molecular flexibility index (Phi) is 5.69. The molecule has 0 atom stereocenters. The van der Waals surface area contributed by atoms with E-state index >= 15 is 0 Å². The molecule has 0 aliphatic heterocycles. The van der Waals surface area contributed by atoms with Gasteiger partial charge < -0.3 is 9.72 Å². The fraction of sp³-hybridized carbons (Fsp3) is 0.333. The maximum absolute atomic E-state index is 11.4. The Labute approximate surface area is 225 Å². The minimum absolute atomic E-state index is 0.0495. The minimum Gasteiger partial charge on any atom is -0.354 e. The monoisotopic (exact) mass is 524 g/mol. The van der Waals surface area contributed by atoms with E-state index in [4.69, 9.17) is 26.7 Å². The molecule has 2 fully saturated rings. The number of benzene rings is 1. The van der Waals surface area contributed by atoms with Gasteiger partial charge in [0.1, 0.15) is 5.65 Å². The highest BCUT2D eigenvalue weighted by Crippen LogP contribution is 2.46. The van der Waals surface area contributed by atoms with Crippen molar-refractivity contribution in [2.75, 3.05) is 0 Å². The molecule has 7 nitrogen and oxygen atoms in total. The zero-order chi connectivity index (χ0) is 25.8. The van der Waals surface area contributed by atoms with Crippen LogP contribution in [0.25, 0.3) is 38.9 Å². The van der Waals surface area contributed by atoms with Gasteiger partial charge in [0.25, 0.3) is 0 Å². The Morgan fingerprint density at radius 2 is 1.84 bits per heavy atom. The Hall–Kier alpha value is -3.71. The van der Waals surface area contributed by atoms with E-state index in [9.17, 15) is 4.79 Å². The number of rotatable bonds is 5. The first-order chi connectivity index (χ1) is 18.5. The molecule has 1 aromatic carbocycles. The third kappa shape index (κ3) is 4.15. The van der Waals surface area contributed by atoms with E-state index in [1.165, 1.54) is 18.5 Å². The van der Waals surface area contributed by atoms with Crippen LogP contribution in [0.15, 0.2) is 61.2 Å². The van der Waals surface area contributed by atoms with E-state index in [0.717, 1.165) is 69.6 Å². The van der Waals surface area contributed by atoms with Crippen molar-refractivity contribution in [2.24, 2.45) is 0 Å². The first kappa shape index (κ1) is 23.4. The zero-order valence-corrected chi connectivity index (χ0v) is 22.0. The third-order valence-electron chi connectivity index (χ3n) is 8.00. The lowest BCUT2D eigenvalue weighted by Gasteiger charge is -2.28. The van der Waals surface area contributed by atoms with Gasteiger partial charge in [0.05, 0.1) is 34.2 Å². The van der Waals surface area contributed by atoms with Crippen LogP contribution in [0.2, 0.25) is 5.02 Å². The highest BCUT2D eigenvalue weighted by molar-refractivity contribution is 6.33. The molecule has 4 aromatic heterocycles. The maximum atomic E-state index is 11.4. The van der Waals surface area contributed by atoms with Gasteiger partial charge in [-0.15, -0.1) is 0 Å². The molecule has 1 amide bonds. The molecule has 192 valence electrons. The Balaban J connectivity index is 1.25. The number of pyridine rings is 2. The van der Waals surface area contributed by atoms with Gasteiger partial charge >= 0.3 is 0 Å². The summed E-state index contributed by atoms with van der Waals surface area (Å²) in [5.74, 6) is 0.553. The van der Waals surface area contributed by atoms with Gasteiger partial charge in [-0.25, -0.2) is 4.98 Å². The summed E-state index contributed by atoms with van der Waals surface area (Å²) in [6.07, 6.45) is 14.4. The van der Waals surface area contributed by atoms with Gasteiger partial charge in [0.15, 0.2) is 0 Å². The van der Waals surface area contributed by atoms with Gasteiger partial charge in [-0.2, -0.15) is 5.10 Å². The molecule has 2 saturated carbocycles. The van der Waals surface area contributed by atoms with E-state index < -0.39 is 0 Å². The van der Waals surface area contributed by atoms with Crippen LogP contribution in [0, 0.1) is 0 Å². The minimum atomic E-state index is 0.0495. The second-order valence-electron chi connectivity index (χ2n) is 10.7. The molecule has 38 heavy (non-hydrogen) atoms. The molecule has 0 saturated heterocycles. The van der Waals surface area contributed by atoms with Gasteiger partial charge in [0.2, 0.25) is 5.91 Å². The molecule has 0 radical (unpaired) electrons. The molecule has 7 rings (SSSR count). The number of carbonyl (C=O) groups is 1. The molecule has 0 bridgehead atoms. The average molecular weight is 525 g/mol. The summed E-state index contributed by atoms with van der Waals surface area (Å²) in [6, 6.07) is 12.8. The number of fused-ring (bicyclic) bond motifs is 3. The number of nitrogens with zero attached hydrogens (tertiary/aromatic N) is 5. The topological polar surface area (TPSA) is 77.1 Å². The summed E-state index contributed by atoms with van der Waals surface area (Å²) in [6.45, 7) is 1.59. The summed E-state index contributed by atoms with van der Waals surface area (Å²) in [7, 11) is 0. The molecule has 8 heteroatoms. The normalized spacial score (nSPS) is 19.7. The maximum Gasteiger partial charge on any atom is 0.217 e. The van der Waals surface area contributed by atoms with Crippen LogP contribution >= 0.6 is 11.6 Å². The summed E-state index contributed by atoms with van der Waals surface area (Å²) >= 11 is 6.61. The number of amides is 1. The van der Waals surface area contributed by atoms with Crippen molar-refractivity contribution < 1.29 is 4.79 Å². The van der Waals surface area contributed by atoms with Gasteiger partial charge in [-0.3, -0.25) is 14.5 Å². The van der Waals surface area contributed by atoms with Crippen LogP contribution in [-0.2, 0) is 4.79 Å². The summed E-state index contributed by atoms with van der Waals surface area (Å²) in [5.41, 5.74) is 7.10. The van der Waals surface area contributed by atoms with Gasteiger partial charge in [0, 0.05) is 59.6 Å². The van der Waals surface area contributed by atoms with Crippen molar-refractivity contribution >= 4 is 34.1 Å². The van der Waals surface area contributed by atoms with Crippen molar-refractivity contribution in [1.29, 1.82) is 0 Å². The molecular weight excluding hydrogens is 496 g/mol. The predicted molar refractivity (Wildman–Crippen MR) is 149 cm³/mol. The van der Waals surface area contributed by atoms with E-state index in [1.54, 1.807) is 6.92 Å². The highest BCUT2D eigenvalue weighted by Gasteiger charge is 2.32. The molecule has 2 aliphatic carbocycles.